The Kier molecular flexibility index (Phi) is 5.51. The van der Waals surface area contributed by atoms with Gasteiger partial charge in [-0.05, 0) is 55.1 Å². The molecule has 4 heteroatoms. The quantitative estimate of drug-likeness (QED) is 0.564. The fourth-order valence-corrected chi connectivity index (χ4v) is 4.91. The molecule has 4 nitrogen and oxygen atoms in total. The molecule has 1 amide bonds. The van der Waals surface area contributed by atoms with Gasteiger partial charge in [-0.15, -0.1) is 0 Å². The van der Waals surface area contributed by atoms with Gasteiger partial charge in [-0.1, -0.05) is 57.0 Å². The first-order valence-corrected chi connectivity index (χ1v) is 10.1. The summed E-state index contributed by atoms with van der Waals surface area (Å²) in [5.74, 6) is -1.38. The van der Waals surface area contributed by atoms with Crippen LogP contribution in [-0.2, 0) is 9.59 Å². The van der Waals surface area contributed by atoms with E-state index in [0.717, 1.165) is 31.0 Å². The topological polar surface area (TPSA) is 57.6 Å². The molecule has 0 spiro atoms. The lowest BCUT2D eigenvalue weighted by Gasteiger charge is -2.50. The number of hydrogen-bond acceptors (Lipinski definition) is 2. The molecule has 0 radical (unpaired) electrons. The van der Waals surface area contributed by atoms with E-state index in [0.29, 0.717) is 0 Å². The van der Waals surface area contributed by atoms with Crippen LogP contribution in [0.5, 0.6) is 0 Å². The van der Waals surface area contributed by atoms with E-state index in [2.05, 4.69) is 27.7 Å². The zero-order valence-electron chi connectivity index (χ0n) is 17.4. The molecule has 150 valence electrons. The van der Waals surface area contributed by atoms with E-state index in [4.69, 9.17) is 5.11 Å². The predicted octanol–water partition coefficient (Wildman–Crippen LogP) is 5.36. The SMILES string of the molecule is CC1(C)CCCC2=C1CC(C)(C)[C@H](N(C(=O)C=CC(=O)O)c1ccccc1)C2. The number of para-hydroxylation sites is 1. The number of carboxylic acid groups (broad SMARTS) is 1. The summed E-state index contributed by atoms with van der Waals surface area (Å²) in [6.07, 6.45) is 7.45. The fourth-order valence-electron chi connectivity index (χ4n) is 4.91. The molecule has 1 atom stereocenters. The van der Waals surface area contributed by atoms with E-state index < -0.39 is 5.97 Å². The summed E-state index contributed by atoms with van der Waals surface area (Å²) in [5, 5.41) is 8.97. The average molecular weight is 382 g/mol. The number of allylic oxidation sites excluding steroid dienone is 1. The van der Waals surface area contributed by atoms with E-state index >= 15 is 0 Å². The molecule has 0 saturated carbocycles. The van der Waals surface area contributed by atoms with Crippen molar-refractivity contribution in [3.63, 3.8) is 0 Å². The molecule has 0 bridgehead atoms. The van der Waals surface area contributed by atoms with Crippen LogP contribution in [-0.4, -0.2) is 23.0 Å². The van der Waals surface area contributed by atoms with Crippen molar-refractivity contribution in [2.45, 2.75) is 65.8 Å². The zero-order valence-corrected chi connectivity index (χ0v) is 17.4. The van der Waals surface area contributed by atoms with Crippen LogP contribution in [0.1, 0.15) is 59.8 Å². The molecule has 1 N–H and O–H groups in total. The van der Waals surface area contributed by atoms with Gasteiger partial charge in [0.1, 0.15) is 0 Å². The Hall–Kier alpha value is -2.36. The molecule has 1 aromatic rings. The van der Waals surface area contributed by atoms with Gasteiger partial charge < -0.3 is 10.0 Å². The summed E-state index contributed by atoms with van der Waals surface area (Å²) in [7, 11) is 0. The van der Waals surface area contributed by atoms with E-state index in [1.807, 2.05) is 35.2 Å². The standard InChI is InChI=1S/C24H31NO3/c1-23(2)14-8-9-17-15-20(24(3,4)16-19(17)23)25(18-10-6-5-7-11-18)21(26)12-13-22(27)28/h5-7,10-13,20H,8-9,14-16H2,1-4H3,(H,27,28)/t20-/m1/s1. The third-order valence-corrected chi connectivity index (χ3v) is 6.45. The molecule has 0 saturated heterocycles. The van der Waals surface area contributed by atoms with Crippen molar-refractivity contribution in [2.24, 2.45) is 10.8 Å². The summed E-state index contributed by atoms with van der Waals surface area (Å²) in [5.41, 5.74) is 4.01. The van der Waals surface area contributed by atoms with Gasteiger partial charge in [0.2, 0.25) is 0 Å². The lowest BCUT2D eigenvalue weighted by Crippen LogP contribution is -2.51. The minimum atomic E-state index is -1.11. The van der Waals surface area contributed by atoms with E-state index in [1.165, 1.54) is 24.5 Å². The lowest BCUT2D eigenvalue weighted by molar-refractivity contribution is -0.131. The number of aliphatic carboxylic acids is 1. The van der Waals surface area contributed by atoms with Crippen LogP contribution in [0.25, 0.3) is 0 Å². The molecule has 1 aromatic carbocycles. The fraction of sp³-hybridized carbons (Fsp3) is 0.500. The number of hydrogen-bond donors (Lipinski definition) is 1. The third kappa shape index (κ3) is 4.06. The summed E-state index contributed by atoms with van der Waals surface area (Å²) in [6.45, 7) is 9.15. The minimum Gasteiger partial charge on any atom is -0.478 e. The smallest absolute Gasteiger partial charge is 0.328 e. The van der Waals surface area contributed by atoms with Crippen LogP contribution in [0.2, 0.25) is 0 Å². The van der Waals surface area contributed by atoms with Crippen molar-refractivity contribution in [2.75, 3.05) is 4.90 Å². The highest BCUT2D eigenvalue weighted by atomic mass is 16.4. The molecule has 0 aliphatic heterocycles. The van der Waals surface area contributed by atoms with Gasteiger partial charge >= 0.3 is 5.97 Å². The van der Waals surface area contributed by atoms with E-state index in [9.17, 15) is 9.59 Å². The number of anilines is 1. The maximum atomic E-state index is 13.1. The number of benzene rings is 1. The highest BCUT2D eigenvalue weighted by Crippen LogP contribution is 2.53. The number of rotatable bonds is 4. The molecule has 2 aliphatic carbocycles. The molecule has 0 aromatic heterocycles. The van der Waals surface area contributed by atoms with Crippen LogP contribution >= 0.6 is 0 Å². The molecule has 0 fully saturated rings. The lowest BCUT2D eigenvalue weighted by atomic mass is 9.60. The van der Waals surface area contributed by atoms with Crippen molar-refractivity contribution < 1.29 is 14.7 Å². The molecular weight excluding hydrogens is 350 g/mol. The first-order chi connectivity index (χ1) is 13.1. The molecule has 0 heterocycles. The minimum absolute atomic E-state index is 0.00602. The van der Waals surface area contributed by atoms with Crippen LogP contribution in [0, 0.1) is 10.8 Å². The molecule has 2 aliphatic rings. The van der Waals surface area contributed by atoms with Crippen molar-refractivity contribution in [3.05, 3.63) is 53.6 Å². The summed E-state index contributed by atoms with van der Waals surface area (Å²) in [4.78, 5) is 25.9. The Morgan fingerprint density at radius 1 is 1.11 bits per heavy atom. The highest BCUT2D eigenvalue weighted by molar-refractivity contribution is 6.04. The molecular formula is C24H31NO3. The van der Waals surface area contributed by atoms with Gasteiger partial charge in [0.05, 0.1) is 0 Å². The van der Waals surface area contributed by atoms with Crippen LogP contribution < -0.4 is 4.90 Å². The van der Waals surface area contributed by atoms with E-state index in [-0.39, 0.29) is 22.8 Å². The summed E-state index contributed by atoms with van der Waals surface area (Å²) < 4.78 is 0. The van der Waals surface area contributed by atoms with Gasteiger partial charge in [-0.2, -0.15) is 0 Å². The Labute approximate surface area is 167 Å². The Morgan fingerprint density at radius 3 is 2.43 bits per heavy atom. The Balaban J connectivity index is 2.03. The largest absolute Gasteiger partial charge is 0.478 e. The molecule has 28 heavy (non-hydrogen) atoms. The monoisotopic (exact) mass is 381 g/mol. The van der Waals surface area contributed by atoms with Crippen molar-refractivity contribution in [1.29, 1.82) is 0 Å². The first-order valence-electron chi connectivity index (χ1n) is 10.1. The van der Waals surface area contributed by atoms with Gasteiger partial charge in [0.15, 0.2) is 0 Å². The van der Waals surface area contributed by atoms with Crippen molar-refractivity contribution in [3.8, 4) is 0 Å². The highest BCUT2D eigenvalue weighted by Gasteiger charge is 2.45. The van der Waals surface area contributed by atoms with Crippen molar-refractivity contribution >= 4 is 17.6 Å². The van der Waals surface area contributed by atoms with Crippen molar-refractivity contribution in [1.82, 2.24) is 0 Å². The zero-order chi connectivity index (χ0) is 20.5. The maximum Gasteiger partial charge on any atom is 0.328 e. The normalized spacial score (nSPS) is 23.4. The maximum absolute atomic E-state index is 13.1. The van der Waals surface area contributed by atoms with E-state index in [1.54, 1.807) is 5.57 Å². The van der Waals surface area contributed by atoms with Crippen LogP contribution in [0.3, 0.4) is 0 Å². The van der Waals surface area contributed by atoms with Gasteiger partial charge in [-0.25, -0.2) is 4.79 Å². The summed E-state index contributed by atoms with van der Waals surface area (Å²) >= 11 is 0. The number of nitrogens with zero attached hydrogens (tertiary/aromatic N) is 1. The second kappa shape index (κ2) is 7.57. The summed E-state index contributed by atoms with van der Waals surface area (Å²) in [6, 6.07) is 9.61. The van der Waals surface area contributed by atoms with Gasteiger partial charge in [0, 0.05) is 23.9 Å². The average Bonchev–Trinajstić information content (AvgIpc) is 2.62. The number of carboxylic acids is 1. The molecule has 3 rings (SSSR count). The van der Waals surface area contributed by atoms with Gasteiger partial charge in [-0.3, -0.25) is 4.79 Å². The Morgan fingerprint density at radius 2 is 1.79 bits per heavy atom. The van der Waals surface area contributed by atoms with Crippen LogP contribution in [0.15, 0.2) is 53.6 Å². The Bertz CT molecular complexity index is 818. The number of amides is 1. The molecule has 0 unspecified atom stereocenters. The number of carbonyl (C=O) groups excluding carboxylic acids is 1. The first kappa shape index (κ1) is 20.4. The van der Waals surface area contributed by atoms with Crippen LogP contribution in [0.4, 0.5) is 5.69 Å². The number of carbonyl (C=O) groups is 2. The third-order valence-electron chi connectivity index (χ3n) is 6.45. The predicted molar refractivity (Wildman–Crippen MR) is 112 cm³/mol. The van der Waals surface area contributed by atoms with Gasteiger partial charge in [0.25, 0.3) is 5.91 Å². The second-order valence-electron chi connectivity index (χ2n) is 9.42. The second-order valence-corrected chi connectivity index (χ2v) is 9.42.